The minimum Gasteiger partial charge on any atom is -0.494 e. The lowest BCUT2D eigenvalue weighted by Gasteiger charge is -2.15. The van der Waals surface area contributed by atoms with Crippen LogP contribution in [0, 0.1) is 3.57 Å². The quantitative estimate of drug-likeness (QED) is 0.772. The molecule has 0 saturated heterocycles. The molecule has 0 aliphatic rings. The van der Waals surface area contributed by atoms with E-state index in [2.05, 4.69) is 27.9 Å². The van der Waals surface area contributed by atoms with Gasteiger partial charge in [0.1, 0.15) is 5.75 Å². The molecule has 4 heteroatoms. The van der Waals surface area contributed by atoms with Crippen molar-refractivity contribution in [1.29, 1.82) is 0 Å². The van der Waals surface area contributed by atoms with Crippen LogP contribution in [0.3, 0.4) is 0 Å². The normalized spacial score (nSPS) is 11.8. The predicted octanol–water partition coefficient (Wildman–Crippen LogP) is 4.18. The molecule has 0 heterocycles. The summed E-state index contributed by atoms with van der Waals surface area (Å²) in [6.45, 7) is 4.58. The van der Waals surface area contributed by atoms with Crippen molar-refractivity contribution in [2.45, 2.75) is 19.9 Å². The molecule has 1 N–H and O–H groups in total. The second-order valence-corrected chi connectivity index (χ2v) is 5.95. The largest absolute Gasteiger partial charge is 0.494 e. The molecule has 0 aliphatic carbocycles. The fourth-order valence-electron chi connectivity index (χ4n) is 2.01. The molecule has 1 atom stereocenters. The Kier molecular flexibility index (Phi) is 5.61. The van der Waals surface area contributed by atoms with E-state index >= 15 is 0 Å². The van der Waals surface area contributed by atoms with Crippen LogP contribution in [-0.4, -0.2) is 12.5 Å². The van der Waals surface area contributed by atoms with Gasteiger partial charge in [-0.05, 0) is 72.3 Å². The fourth-order valence-corrected chi connectivity index (χ4v) is 2.56. The zero-order valence-electron chi connectivity index (χ0n) is 12.1. The highest BCUT2D eigenvalue weighted by atomic mass is 127. The summed E-state index contributed by atoms with van der Waals surface area (Å²) in [6.07, 6.45) is 0. The Bertz CT molecular complexity index is 610. The minimum atomic E-state index is -0.0603. The maximum absolute atomic E-state index is 12.2. The smallest absolute Gasteiger partial charge is 0.251 e. The first-order chi connectivity index (χ1) is 10.1. The first-order valence-corrected chi connectivity index (χ1v) is 7.97. The molecule has 0 bridgehead atoms. The van der Waals surface area contributed by atoms with Gasteiger partial charge in [0, 0.05) is 9.13 Å². The number of benzene rings is 2. The van der Waals surface area contributed by atoms with Crippen molar-refractivity contribution in [1.82, 2.24) is 5.32 Å². The standard InChI is InChI=1S/C17H18INO2/c1-3-21-16-9-7-13(8-10-16)12(2)19-17(20)14-5-4-6-15(18)11-14/h4-12H,3H2,1-2H3,(H,19,20). The van der Waals surface area contributed by atoms with E-state index in [0.29, 0.717) is 12.2 Å². The molecule has 0 aromatic heterocycles. The van der Waals surface area contributed by atoms with Crippen molar-refractivity contribution in [3.05, 3.63) is 63.2 Å². The second kappa shape index (κ2) is 7.45. The van der Waals surface area contributed by atoms with E-state index in [-0.39, 0.29) is 11.9 Å². The van der Waals surface area contributed by atoms with Gasteiger partial charge in [-0.25, -0.2) is 0 Å². The molecule has 0 saturated carbocycles. The van der Waals surface area contributed by atoms with Gasteiger partial charge in [0.2, 0.25) is 0 Å². The zero-order chi connectivity index (χ0) is 15.2. The van der Waals surface area contributed by atoms with Gasteiger partial charge in [-0.1, -0.05) is 18.2 Å². The van der Waals surface area contributed by atoms with E-state index < -0.39 is 0 Å². The third-order valence-electron chi connectivity index (χ3n) is 3.13. The van der Waals surface area contributed by atoms with Crippen molar-refractivity contribution >= 4 is 28.5 Å². The summed E-state index contributed by atoms with van der Waals surface area (Å²) < 4.78 is 6.47. The van der Waals surface area contributed by atoms with Crippen molar-refractivity contribution in [3.8, 4) is 5.75 Å². The lowest BCUT2D eigenvalue weighted by atomic mass is 10.1. The molecule has 21 heavy (non-hydrogen) atoms. The van der Waals surface area contributed by atoms with Gasteiger partial charge in [0.15, 0.2) is 0 Å². The van der Waals surface area contributed by atoms with Gasteiger partial charge in [-0.3, -0.25) is 4.79 Å². The highest BCUT2D eigenvalue weighted by Crippen LogP contribution is 2.18. The number of halogens is 1. The Labute approximate surface area is 138 Å². The van der Waals surface area contributed by atoms with Gasteiger partial charge in [-0.2, -0.15) is 0 Å². The minimum absolute atomic E-state index is 0.0500. The highest BCUT2D eigenvalue weighted by Gasteiger charge is 2.11. The summed E-state index contributed by atoms with van der Waals surface area (Å²) in [5.74, 6) is 0.785. The summed E-state index contributed by atoms with van der Waals surface area (Å²) in [7, 11) is 0. The van der Waals surface area contributed by atoms with E-state index in [1.54, 1.807) is 0 Å². The fraction of sp³-hybridized carbons (Fsp3) is 0.235. The molecular formula is C17H18INO2. The average molecular weight is 395 g/mol. The Morgan fingerprint density at radius 2 is 1.95 bits per heavy atom. The zero-order valence-corrected chi connectivity index (χ0v) is 14.3. The van der Waals surface area contributed by atoms with Crippen LogP contribution in [-0.2, 0) is 0 Å². The molecule has 1 unspecified atom stereocenters. The SMILES string of the molecule is CCOc1ccc(C(C)NC(=O)c2cccc(I)c2)cc1. The summed E-state index contributed by atoms with van der Waals surface area (Å²) >= 11 is 2.20. The van der Waals surface area contributed by atoms with Crippen molar-refractivity contribution in [3.63, 3.8) is 0 Å². The number of ether oxygens (including phenoxy) is 1. The second-order valence-electron chi connectivity index (χ2n) is 4.71. The maximum atomic E-state index is 12.2. The Morgan fingerprint density at radius 3 is 2.57 bits per heavy atom. The molecule has 0 spiro atoms. The molecule has 110 valence electrons. The molecular weight excluding hydrogens is 377 g/mol. The molecule has 2 aromatic rings. The van der Waals surface area contributed by atoms with E-state index in [1.807, 2.05) is 62.4 Å². The van der Waals surface area contributed by atoms with Crippen LogP contribution in [0.15, 0.2) is 48.5 Å². The summed E-state index contributed by atoms with van der Waals surface area (Å²) in [5, 5.41) is 3.01. The number of carbonyl (C=O) groups excluding carboxylic acids is 1. The Hall–Kier alpha value is -1.56. The molecule has 3 nitrogen and oxygen atoms in total. The van der Waals surface area contributed by atoms with Gasteiger partial charge in [-0.15, -0.1) is 0 Å². The van der Waals surface area contributed by atoms with Crippen LogP contribution in [0.4, 0.5) is 0 Å². The van der Waals surface area contributed by atoms with Crippen LogP contribution < -0.4 is 10.1 Å². The first kappa shape index (κ1) is 15.8. The van der Waals surface area contributed by atoms with Gasteiger partial charge < -0.3 is 10.1 Å². The first-order valence-electron chi connectivity index (χ1n) is 6.89. The van der Waals surface area contributed by atoms with Crippen LogP contribution in [0.5, 0.6) is 5.75 Å². The van der Waals surface area contributed by atoms with E-state index in [1.165, 1.54) is 0 Å². The van der Waals surface area contributed by atoms with Gasteiger partial charge in [0.05, 0.1) is 12.6 Å². The van der Waals surface area contributed by atoms with Crippen molar-refractivity contribution in [2.24, 2.45) is 0 Å². The molecule has 0 aliphatic heterocycles. The molecule has 0 radical (unpaired) electrons. The summed E-state index contributed by atoms with van der Waals surface area (Å²) in [6, 6.07) is 15.3. The van der Waals surface area contributed by atoms with Gasteiger partial charge >= 0.3 is 0 Å². The van der Waals surface area contributed by atoms with E-state index in [4.69, 9.17) is 4.74 Å². The number of hydrogen-bond donors (Lipinski definition) is 1. The number of nitrogens with one attached hydrogen (secondary N) is 1. The lowest BCUT2D eigenvalue weighted by molar-refractivity contribution is 0.0940. The van der Waals surface area contributed by atoms with Crippen molar-refractivity contribution in [2.75, 3.05) is 6.61 Å². The van der Waals surface area contributed by atoms with Crippen molar-refractivity contribution < 1.29 is 9.53 Å². The average Bonchev–Trinajstić information content (AvgIpc) is 2.48. The third kappa shape index (κ3) is 4.46. The Morgan fingerprint density at radius 1 is 1.24 bits per heavy atom. The summed E-state index contributed by atoms with van der Waals surface area (Å²) in [5.41, 5.74) is 1.73. The van der Waals surface area contributed by atoms with Gasteiger partial charge in [0.25, 0.3) is 5.91 Å². The highest BCUT2D eigenvalue weighted by molar-refractivity contribution is 14.1. The van der Waals surface area contributed by atoms with Crippen LogP contribution in [0.2, 0.25) is 0 Å². The monoisotopic (exact) mass is 395 g/mol. The number of carbonyl (C=O) groups is 1. The summed E-state index contributed by atoms with van der Waals surface area (Å²) in [4.78, 5) is 12.2. The molecule has 0 fully saturated rings. The molecule has 1 amide bonds. The lowest BCUT2D eigenvalue weighted by Crippen LogP contribution is -2.26. The number of rotatable bonds is 5. The number of hydrogen-bond acceptors (Lipinski definition) is 2. The van der Waals surface area contributed by atoms with E-state index in [9.17, 15) is 4.79 Å². The van der Waals surface area contributed by atoms with E-state index in [0.717, 1.165) is 14.9 Å². The predicted molar refractivity (Wildman–Crippen MR) is 92.7 cm³/mol. The molecule has 2 aromatic carbocycles. The third-order valence-corrected chi connectivity index (χ3v) is 3.80. The topological polar surface area (TPSA) is 38.3 Å². The van der Waals surface area contributed by atoms with Crippen LogP contribution >= 0.6 is 22.6 Å². The Balaban J connectivity index is 2.03. The van der Waals surface area contributed by atoms with Crippen LogP contribution in [0.25, 0.3) is 0 Å². The maximum Gasteiger partial charge on any atom is 0.251 e. The molecule has 2 rings (SSSR count). The van der Waals surface area contributed by atoms with Crippen LogP contribution in [0.1, 0.15) is 35.8 Å². The number of amides is 1.